The first-order valence-corrected chi connectivity index (χ1v) is 5.52. The lowest BCUT2D eigenvalue weighted by molar-refractivity contribution is 0.475. The fraction of sp³-hybridized carbons (Fsp3) is 0. The summed E-state index contributed by atoms with van der Waals surface area (Å²) in [4.78, 5) is 11.7. The maximum absolute atomic E-state index is 11.7. The second-order valence-corrected chi connectivity index (χ2v) is 4.00. The average Bonchev–Trinajstić information content (AvgIpc) is 2.39. The van der Waals surface area contributed by atoms with Gasteiger partial charge in [-0.1, -0.05) is 30.3 Å². The van der Waals surface area contributed by atoms with E-state index in [0.29, 0.717) is 11.1 Å². The molecule has 2 aromatic carbocycles. The molecule has 3 rings (SSSR count). The van der Waals surface area contributed by atoms with Crippen LogP contribution in [0.1, 0.15) is 0 Å². The number of phenols is 1. The molecular weight excluding hydrogens is 228 g/mol. The standard InChI is InChI=1S/C14H10N2O2/c17-10-5-3-4-9(8-10)13-11-6-1-2-7-12(11)14(18)16-15-13/h1-8,17H,(H,16,18). The van der Waals surface area contributed by atoms with Gasteiger partial charge in [0.05, 0.1) is 11.1 Å². The summed E-state index contributed by atoms with van der Waals surface area (Å²) in [5.41, 5.74) is 1.21. The van der Waals surface area contributed by atoms with Crippen LogP contribution in [0, 0.1) is 0 Å². The third kappa shape index (κ3) is 1.64. The van der Waals surface area contributed by atoms with Gasteiger partial charge < -0.3 is 5.11 Å². The highest BCUT2D eigenvalue weighted by molar-refractivity contribution is 5.93. The Morgan fingerprint density at radius 1 is 1.00 bits per heavy atom. The number of benzene rings is 2. The molecule has 3 aromatic rings. The molecule has 2 N–H and O–H groups in total. The summed E-state index contributed by atoms with van der Waals surface area (Å²) in [6, 6.07) is 14.1. The monoisotopic (exact) mass is 238 g/mol. The predicted molar refractivity (Wildman–Crippen MR) is 69.5 cm³/mol. The van der Waals surface area contributed by atoms with Gasteiger partial charge in [-0.05, 0) is 18.2 Å². The molecule has 0 radical (unpaired) electrons. The largest absolute Gasteiger partial charge is 0.508 e. The van der Waals surface area contributed by atoms with Crippen LogP contribution in [0.2, 0.25) is 0 Å². The van der Waals surface area contributed by atoms with E-state index in [1.807, 2.05) is 24.3 Å². The third-order valence-corrected chi connectivity index (χ3v) is 2.82. The number of H-pyrrole nitrogens is 1. The number of aromatic amines is 1. The molecule has 0 aliphatic rings. The van der Waals surface area contributed by atoms with Gasteiger partial charge in [-0.15, -0.1) is 0 Å². The summed E-state index contributed by atoms with van der Waals surface area (Å²) >= 11 is 0. The van der Waals surface area contributed by atoms with Crippen LogP contribution in [0.3, 0.4) is 0 Å². The zero-order valence-electron chi connectivity index (χ0n) is 9.42. The molecule has 0 saturated carbocycles. The fourth-order valence-corrected chi connectivity index (χ4v) is 1.99. The van der Waals surface area contributed by atoms with Crippen molar-refractivity contribution in [2.45, 2.75) is 0 Å². The topological polar surface area (TPSA) is 66.0 Å². The Morgan fingerprint density at radius 2 is 1.78 bits per heavy atom. The van der Waals surface area contributed by atoms with Crippen molar-refractivity contribution in [2.75, 3.05) is 0 Å². The van der Waals surface area contributed by atoms with Gasteiger partial charge >= 0.3 is 0 Å². The molecule has 1 heterocycles. The van der Waals surface area contributed by atoms with Crippen molar-refractivity contribution in [1.82, 2.24) is 10.2 Å². The van der Waals surface area contributed by atoms with Gasteiger partial charge in [0.2, 0.25) is 0 Å². The van der Waals surface area contributed by atoms with Crippen molar-refractivity contribution >= 4 is 10.8 Å². The number of phenolic OH excluding ortho intramolecular Hbond substituents is 1. The highest BCUT2D eigenvalue weighted by atomic mass is 16.3. The Labute approximate surface area is 103 Å². The van der Waals surface area contributed by atoms with Crippen LogP contribution < -0.4 is 5.56 Å². The normalized spacial score (nSPS) is 10.7. The van der Waals surface area contributed by atoms with E-state index < -0.39 is 0 Å². The van der Waals surface area contributed by atoms with Gasteiger partial charge in [0.25, 0.3) is 5.56 Å². The van der Waals surface area contributed by atoms with Crippen LogP contribution in [-0.2, 0) is 0 Å². The van der Waals surface area contributed by atoms with Crippen LogP contribution in [-0.4, -0.2) is 15.3 Å². The average molecular weight is 238 g/mol. The number of aromatic hydroxyl groups is 1. The Kier molecular flexibility index (Phi) is 2.34. The first-order valence-electron chi connectivity index (χ1n) is 5.52. The maximum atomic E-state index is 11.7. The number of rotatable bonds is 1. The van der Waals surface area contributed by atoms with Gasteiger partial charge in [-0.25, -0.2) is 5.10 Å². The van der Waals surface area contributed by atoms with E-state index in [4.69, 9.17) is 0 Å². The zero-order valence-corrected chi connectivity index (χ0v) is 9.42. The summed E-state index contributed by atoms with van der Waals surface area (Å²) in [7, 11) is 0. The lowest BCUT2D eigenvalue weighted by Gasteiger charge is -2.05. The molecule has 0 saturated heterocycles. The molecule has 1 aromatic heterocycles. The second-order valence-electron chi connectivity index (χ2n) is 4.00. The first-order chi connectivity index (χ1) is 8.75. The van der Waals surface area contributed by atoms with E-state index in [1.54, 1.807) is 24.3 Å². The molecule has 4 heteroatoms. The van der Waals surface area contributed by atoms with Crippen LogP contribution in [0.5, 0.6) is 5.75 Å². The minimum absolute atomic E-state index is 0.171. The Morgan fingerprint density at radius 3 is 2.56 bits per heavy atom. The van der Waals surface area contributed by atoms with E-state index in [0.717, 1.165) is 10.9 Å². The SMILES string of the molecule is O=c1[nH]nc(-c2cccc(O)c2)c2ccccc12. The molecule has 0 amide bonds. The van der Waals surface area contributed by atoms with E-state index in [1.165, 1.54) is 0 Å². The number of hydrogen-bond donors (Lipinski definition) is 2. The number of aromatic nitrogens is 2. The lowest BCUT2D eigenvalue weighted by atomic mass is 10.1. The molecule has 0 unspecified atom stereocenters. The molecule has 88 valence electrons. The van der Waals surface area contributed by atoms with Gasteiger partial charge in [-0.2, -0.15) is 5.10 Å². The number of hydrogen-bond acceptors (Lipinski definition) is 3. The molecular formula is C14H10N2O2. The molecule has 0 atom stereocenters. The Bertz CT molecular complexity index is 778. The van der Waals surface area contributed by atoms with Crippen molar-refractivity contribution in [3.8, 4) is 17.0 Å². The highest BCUT2D eigenvalue weighted by Crippen LogP contribution is 2.26. The maximum Gasteiger partial charge on any atom is 0.272 e. The van der Waals surface area contributed by atoms with Crippen LogP contribution in [0.25, 0.3) is 22.0 Å². The summed E-state index contributed by atoms with van der Waals surface area (Å²) < 4.78 is 0. The quantitative estimate of drug-likeness (QED) is 0.683. The van der Waals surface area contributed by atoms with Crippen molar-refractivity contribution < 1.29 is 5.11 Å². The molecule has 0 fully saturated rings. The number of fused-ring (bicyclic) bond motifs is 1. The van der Waals surface area contributed by atoms with Crippen LogP contribution in [0.4, 0.5) is 0 Å². The van der Waals surface area contributed by atoms with Crippen molar-refractivity contribution in [3.05, 3.63) is 58.9 Å². The molecule has 0 aliphatic heterocycles. The van der Waals surface area contributed by atoms with Gasteiger partial charge in [0.15, 0.2) is 0 Å². The summed E-state index contributed by atoms with van der Waals surface area (Å²) in [5.74, 6) is 0.171. The van der Waals surface area contributed by atoms with Gasteiger partial charge in [0, 0.05) is 10.9 Å². The number of nitrogens with zero attached hydrogens (tertiary/aromatic N) is 1. The minimum Gasteiger partial charge on any atom is -0.508 e. The van der Waals surface area contributed by atoms with E-state index >= 15 is 0 Å². The summed E-state index contributed by atoms with van der Waals surface area (Å²) in [6.07, 6.45) is 0. The summed E-state index contributed by atoms with van der Waals surface area (Å²) in [5, 5.41) is 17.4. The third-order valence-electron chi connectivity index (χ3n) is 2.82. The fourth-order valence-electron chi connectivity index (χ4n) is 1.99. The highest BCUT2D eigenvalue weighted by Gasteiger charge is 2.08. The summed E-state index contributed by atoms with van der Waals surface area (Å²) in [6.45, 7) is 0. The molecule has 0 spiro atoms. The van der Waals surface area contributed by atoms with Crippen molar-refractivity contribution in [2.24, 2.45) is 0 Å². The van der Waals surface area contributed by atoms with Gasteiger partial charge in [-0.3, -0.25) is 4.79 Å². The minimum atomic E-state index is -0.213. The van der Waals surface area contributed by atoms with Gasteiger partial charge in [0.1, 0.15) is 5.75 Å². The molecule has 0 bridgehead atoms. The van der Waals surface area contributed by atoms with Crippen molar-refractivity contribution in [1.29, 1.82) is 0 Å². The van der Waals surface area contributed by atoms with E-state index in [-0.39, 0.29) is 11.3 Å². The van der Waals surface area contributed by atoms with E-state index in [9.17, 15) is 9.90 Å². The van der Waals surface area contributed by atoms with E-state index in [2.05, 4.69) is 10.2 Å². The Hall–Kier alpha value is -2.62. The number of nitrogens with one attached hydrogen (secondary N) is 1. The van der Waals surface area contributed by atoms with Crippen LogP contribution in [0.15, 0.2) is 53.3 Å². The predicted octanol–water partition coefficient (Wildman–Crippen LogP) is 2.30. The van der Waals surface area contributed by atoms with Crippen LogP contribution >= 0.6 is 0 Å². The lowest BCUT2D eigenvalue weighted by Crippen LogP contribution is -2.09. The van der Waals surface area contributed by atoms with Crippen molar-refractivity contribution in [3.63, 3.8) is 0 Å². The second kappa shape index (κ2) is 4.00. The zero-order chi connectivity index (χ0) is 12.5. The Balaban J connectivity index is 2.37. The molecule has 4 nitrogen and oxygen atoms in total. The first kappa shape index (κ1) is 10.5. The molecule has 18 heavy (non-hydrogen) atoms. The smallest absolute Gasteiger partial charge is 0.272 e. The molecule has 0 aliphatic carbocycles.